The maximum Gasteiger partial charge on any atom is 0.294 e. The number of halogens is 3. The minimum atomic E-state index is -4.14. The van der Waals surface area contributed by atoms with Crippen molar-refractivity contribution in [3.8, 4) is 0 Å². The van der Waals surface area contributed by atoms with Crippen LogP contribution in [0, 0.1) is 6.92 Å². The number of hydrogen-bond donors (Lipinski definition) is 1. The van der Waals surface area contributed by atoms with Crippen LogP contribution in [0.2, 0.25) is 5.02 Å². The quantitative estimate of drug-likeness (QED) is 0.804. The van der Waals surface area contributed by atoms with Gasteiger partial charge in [0.25, 0.3) is 10.1 Å². The lowest BCUT2D eigenvalue weighted by molar-refractivity contribution is 0.482. The summed E-state index contributed by atoms with van der Waals surface area (Å²) < 4.78 is 30.1. The molecule has 0 saturated carbocycles. The summed E-state index contributed by atoms with van der Waals surface area (Å²) in [6.45, 7) is 1.58. The lowest BCUT2D eigenvalue weighted by Gasteiger charge is -2.01. The first-order chi connectivity index (χ1) is 5.41. The average molecular weight is 280 g/mol. The second kappa shape index (κ2) is 5.78. The molecule has 0 spiro atoms. The molecular formula is C7H9Cl3O3S. The Morgan fingerprint density at radius 1 is 1.29 bits per heavy atom. The fourth-order valence-electron chi connectivity index (χ4n) is 0.852. The molecular weight excluding hydrogens is 270 g/mol. The molecule has 0 atom stereocenters. The zero-order chi connectivity index (χ0) is 9.35. The topological polar surface area (TPSA) is 54.4 Å². The van der Waals surface area contributed by atoms with Crippen LogP contribution in [0.25, 0.3) is 0 Å². The molecule has 0 aliphatic heterocycles. The zero-order valence-corrected chi connectivity index (χ0v) is 10.3. The Morgan fingerprint density at radius 3 is 2.14 bits per heavy atom. The van der Waals surface area contributed by atoms with Crippen molar-refractivity contribution in [2.24, 2.45) is 0 Å². The van der Waals surface area contributed by atoms with Gasteiger partial charge >= 0.3 is 0 Å². The SMILES string of the molecule is Cc1ccc(Cl)cc1S(=O)(=O)O.Cl.Cl. The molecule has 0 unspecified atom stereocenters. The fourth-order valence-corrected chi connectivity index (χ4v) is 1.84. The van der Waals surface area contributed by atoms with Crippen LogP contribution in [0.4, 0.5) is 0 Å². The van der Waals surface area contributed by atoms with Crippen molar-refractivity contribution in [3.63, 3.8) is 0 Å². The highest BCUT2D eigenvalue weighted by Crippen LogP contribution is 2.19. The summed E-state index contributed by atoms with van der Waals surface area (Å²) in [5.41, 5.74) is 0.474. The van der Waals surface area contributed by atoms with E-state index < -0.39 is 10.1 Å². The highest BCUT2D eigenvalue weighted by Gasteiger charge is 2.12. The molecule has 0 amide bonds. The van der Waals surface area contributed by atoms with Gasteiger partial charge in [0.2, 0.25) is 0 Å². The van der Waals surface area contributed by atoms with Crippen LogP contribution in [0.5, 0.6) is 0 Å². The van der Waals surface area contributed by atoms with Gasteiger partial charge in [0.1, 0.15) is 0 Å². The second-order valence-corrected chi connectivity index (χ2v) is 4.21. The second-order valence-electron chi connectivity index (χ2n) is 2.38. The molecule has 0 aliphatic rings. The Labute approximate surface area is 100 Å². The monoisotopic (exact) mass is 278 g/mol. The smallest absolute Gasteiger partial charge is 0.282 e. The molecule has 1 N–H and O–H groups in total. The lowest BCUT2D eigenvalue weighted by atomic mass is 10.2. The van der Waals surface area contributed by atoms with Crippen molar-refractivity contribution in [1.82, 2.24) is 0 Å². The van der Waals surface area contributed by atoms with E-state index >= 15 is 0 Å². The van der Waals surface area contributed by atoms with Gasteiger partial charge in [-0.1, -0.05) is 17.7 Å². The normalized spacial score (nSPS) is 9.93. The zero-order valence-electron chi connectivity index (χ0n) is 7.10. The molecule has 0 radical (unpaired) electrons. The van der Waals surface area contributed by atoms with Gasteiger partial charge < -0.3 is 0 Å². The number of rotatable bonds is 1. The predicted molar refractivity (Wildman–Crippen MR) is 60.5 cm³/mol. The molecule has 14 heavy (non-hydrogen) atoms. The summed E-state index contributed by atoms with van der Waals surface area (Å²) in [6, 6.07) is 4.31. The van der Waals surface area contributed by atoms with E-state index in [1.807, 2.05) is 0 Å². The standard InChI is InChI=1S/C7H7ClO3S.2ClH/c1-5-2-3-6(8)4-7(5)12(9,10)11;;/h2-4H,1H3,(H,9,10,11);2*1H. The van der Waals surface area contributed by atoms with Crippen molar-refractivity contribution in [2.45, 2.75) is 11.8 Å². The third kappa shape index (κ3) is 4.02. The van der Waals surface area contributed by atoms with E-state index in [0.29, 0.717) is 5.56 Å². The van der Waals surface area contributed by atoms with Gasteiger partial charge in [-0.05, 0) is 24.6 Å². The van der Waals surface area contributed by atoms with Crippen molar-refractivity contribution in [2.75, 3.05) is 0 Å². The highest BCUT2D eigenvalue weighted by atomic mass is 35.5. The van der Waals surface area contributed by atoms with Crippen LogP contribution >= 0.6 is 36.4 Å². The van der Waals surface area contributed by atoms with Gasteiger partial charge in [0.15, 0.2) is 0 Å². The van der Waals surface area contributed by atoms with Crippen LogP contribution in [0.1, 0.15) is 5.56 Å². The molecule has 3 nitrogen and oxygen atoms in total. The van der Waals surface area contributed by atoms with Gasteiger partial charge in [0.05, 0.1) is 4.90 Å². The maximum atomic E-state index is 10.7. The average Bonchev–Trinajstić information content (AvgIpc) is 1.92. The van der Waals surface area contributed by atoms with Gasteiger partial charge in [-0.2, -0.15) is 8.42 Å². The van der Waals surface area contributed by atoms with Crippen LogP contribution in [-0.2, 0) is 10.1 Å². The van der Waals surface area contributed by atoms with Gasteiger partial charge in [-0.15, -0.1) is 24.8 Å². The molecule has 0 heterocycles. The molecule has 1 aromatic carbocycles. The van der Waals surface area contributed by atoms with Crippen LogP contribution in [0.15, 0.2) is 23.1 Å². The molecule has 0 saturated heterocycles. The largest absolute Gasteiger partial charge is 0.294 e. The summed E-state index contributed by atoms with van der Waals surface area (Å²) in [5.74, 6) is 0. The molecule has 0 aromatic heterocycles. The third-order valence-electron chi connectivity index (χ3n) is 1.43. The molecule has 1 aromatic rings. The number of aryl methyl sites for hydroxylation is 1. The molecule has 0 aliphatic carbocycles. The van der Waals surface area contributed by atoms with E-state index in [1.165, 1.54) is 12.1 Å². The molecule has 82 valence electrons. The molecule has 0 fully saturated rings. The molecule has 1 rings (SSSR count). The first-order valence-corrected chi connectivity index (χ1v) is 4.97. The Balaban J connectivity index is 0. The molecule has 7 heteroatoms. The number of hydrogen-bond acceptors (Lipinski definition) is 2. The summed E-state index contributed by atoms with van der Waals surface area (Å²) >= 11 is 5.55. The van der Waals surface area contributed by atoms with E-state index in [2.05, 4.69) is 0 Å². The Kier molecular flexibility index (Phi) is 6.78. The highest BCUT2D eigenvalue weighted by molar-refractivity contribution is 7.85. The van der Waals surface area contributed by atoms with Crippen LogP contribution < -0.4 is 0 Å². The van der Waals surface area contributed by atoms with E-state index in [4.69, 9.17) is 16.2 Å². The van der Waals surface area contributed by atoms with Gasteiger partial charge in [0, 0.05) is 5.02 Å². The van der Waals surface area contributed by atoms with Crippen molar-refractivity contribution in [3.05, 3.63) is 28.8 Å². The first-order valence-electron chi connectivity index (χ1n) is 3.15. The first kappa shape index (κ1) is 16.4. The van der Waals surface area contributed by atoms with Gasteiger partial charge in [-0.25, -0.2) is 0 Å². The predicted octanol–water partition coefficient (Wildman–Crippen LogP) is 2.74. The van der Waals surface area contributed by atoms with E-state index in [-0.39, 0.29) is 34.7 Å². The maximum absolute atomic E-state index is 10.7. The third-order valence-corrected chi connectivity index (χ3v) is 2.66. The van der Waals surface area contributed by atoms with E-state index in [1.54, 1.807) is 13.0 Å². The van der Waals surface area contributed by atoms with Crippen molar-refractivity contribution in [1.29, 1.82) is 0 Å². The summed E-state index contributed by atoms with van der Waals surface area (Å²) in [7, 11) is -4.14. The Morgan fingerprint density at radius 2 is 1.79 bits per heavy atom. The van der Waals surface area contributed by atoms with Crippen molar-refractivity contribution >= 4 is 46.5 Å². The van der Waals surface area contributed by atoms with E-state index in [0.717, 1.165) is 0 Å². The van der Waals surface area contributed by atoms with Crippen molar-refractivity contribution < 1.29 is 13.0 Å². The summed E-state index contributed by atoms with van der Waals surface area (Å²) in [5, 5.41) is 0.285. The number of benzene rings is 1. The lowest BCUT2D eigenvalue weighted by Crippen LogP contribution is -2.00. The fraction of sp³-hybridized carbons (Fsp3) is 0.143. The Hall–Kier alpha value is -0.000000000000000111. The summed E-state index contributed by atoms with van der Waals surface area (Å²) in [4.78, 5) is -0.144. The van der Waals surface area contributed by atoms with Crippen LogP contribution in [0.3, 0.4) is 0 Å². The van der Waals surface area contributed by atoms with E-state index in [9.17, 15) is 8.42 Å². The summed E-state index contributed by atoms with van der Waals surface area (Å²) in [6.07, 6.45) is 0. The van der Waals surface area contributed by atoms with Gasteiger partial charge in [-0.3, -0.25) is 4.55 Å². The van der Waals surface area contributed by atoms with Crippen LogP contribution in [-0.4, -0.2) is 13.0 Å². The Bertz CT molecular complexity index is 403. The minimum absolute atomic E-state index is 0. The minimum Gasteiger partial charge on any atom is -0.282 e. The molecule has 0 bridgehead atoms.